The molecule has 1 N–H and O–H groups in total. The summed E-state index contributed by atoms with van der Waals surface area (Å²) >= 11 is 0. The molecule has 0 aliphatic rings. The van der Waals surface area contributed by atoms with E-state index >= 15 is 0 Å². The first kappa shape index (κ1) is 29.2. The van der Waals surface area contributed by atoms with Crippen molar-refractivity contribution < 1.29 is 33.3 Å². The van der Waals surface area contributed by atoms with Crippen molar-refractivity contribution in [3.8, 4) is 0 Å². The van der Waals surface area contributed by atoms with E-state index in [1.165, 1.54) is 6.08 Å². The number of methoxy groups -OCH3 is 2. The van der Waals surface area contributed by atoms with Crippen LogP contribution >= 0.6 is 0 Å². The predicted octanol–water partition coefficient (Wildman–Crippen LogP) is 4.05. The molecule has 0 aliphatic carbocycles. The van der Waals surface area contributed by atoms with Gasteiger partial charge in [-0.15, -0.1) is 0 Å². The molecule has 8 heteroatoms. The second kappa shape index (κ2) is 15.1. The third-order valence-corrected chi connectivity index (χ3v) is 10.00. The van der Waals surface area contributed by atoms with Crippen LogP contribution in [0.2, 0.25) is 18.1 Å². The average Bonchev–Trinajstić information content (AvgIpc) is 2.64. The van der Waals surface area contributed by atoms with E-state index in [4.69, 9.17) is 23.4 Å². The van der Waals surface area contributed by atoms with Gasteiger partial charge in [0, 0.05) is 33.0 Å². The monoisotopic (exact) mass is 448 g/mol. The summed E-state index contributed by atoms with van der Waals surface area (Å²) in [6.07, 6.45) is 5.22. The smallest absolute Gasteiger partial charge is 0.330 e. The third-order valence-electron chi connectivity index (χ3n) is 5.46. The highest BCUT2D eigenvalue weighted by atomic mass is 28.4. The van der Waals surface area contributed by atoms with E-state index in [0.717, 1.165) is 0 Å². The van der Waals surface area contributed by atoms with Crippen LogP contribution in [0, 0.1) is 0 Å². The molecule has 0 saturated heterocycles. The molecule has 0 rings (SSSR count). The van der Waals surface area contributed by atoms with Crippen LogP contribution in [-0.2, 0) is 28.2 Å². The van der Waals surface area contributed by atoms with Gasteiger partial charge in [-0.25, -0.2) is 4.79 Å². The molecule has 0 radical (unpaired) electrons. The molecule has 30 heavy (non-hydrogen) atoms. The van der Waals surface area contributed by atoms with Gasteiger partial charge in [-0.2, -0.15) is 0 Å². The van der Waals surface area contributed by atoms with Crippen molar-refractivity contribution in [2.75, 3.05) is 34.2 Å². The summed E-state index contributed by atoms with van der Waals surface area (Å²) in [5.74, 6) is -0.362. The van der Waals surface area contributed by atoms with Crippen molar-refractivity contribution in [3.63, 3.8) is 0 Å². The van der Waals surface area contributed by atoms with E-state index in [0.29, 0.717) is 32.3 Å². The van der Waals surface area contributed by atoms with E-state index < -0.39 is 8.32 Å². The zero-order valence-corrected chi connectivity index (χ0v) is 21.2. The molecule has 0 bridgehead atoms. The fourth-order valence-corrected chi connectivity index (χ4v) is 4.13. The Bertz CT molecular complexity index is 488. The summed E-state index contributed by atoms with van der Waals surface area (Å²) in [4.78, 5) is 11.6. The first-order valence-electron chi connectivity index (χ1n) is 10.8. The fraction of sp³-hybridized carbons (Fsp3) is 0.864. The maximum Gasteiger partial charge on any atom is 0.330 e. The number of esters is 1. The molecule has 0 aromatic heterocycles. The number of carbonyl (C=O) groups excluding carboxylic acids is 1. The molecule has 0 amide bonds. The van der Waals surface area contributed by atoms with Gasteiger partial charge in [0.1, 0.15) is 6.79 Å². The first-order valence-corrected chi connectivity index (χ1v) is 13.7. The fourth-order valence-electron chi connectivity index (χ4n) is 2.75. The van der Waals surface area contributed by atoms with Crippen LogP contribution in [0.5, 0.6) is 0 Å². The molecule has 0 saturated carbocycles. The van der Waals surface area contributed by atoms with Gasteiger partial charge in [-0.1, -0.05) is 26.8 Å². The minimum absolute atomic E-state index is 0.0667. The SMILES string of the molecule is CCOC(=O)/C=C/C[C@@H](C[C@@H](C[C@@H](CCO)OC)O[Si](C)(C)C(C)(C)C)OCOC. The molecule has 0 unspecified atom stereocenters. The van der Waals surface area contributed by atoms with Crippen LogP contribution in [0.1, 0.15) is 53.4 Å². The summed E-state index contributed by atoms with van der Waals surface area (Å²) < 4.78 is 28.1. The molecular formula is C22H44O7Si. The number of aliphatic hydroxyl groups is 1. The zero-order chi connectivity index (χ0) is 23.2. The molecule has 0 aromatic carbocycles. The number of aliphatic hydroxyl groups excluding tert-OH is 1. The number of rotatable bonds is 16. The molecule has 0 heterocycles. The highest BCUT2D eigenvalue weighted by Gasteiger charge is 2.40. The van der Waals surface area contributed by atoms with Crippen molar-refractivity contribution >= 4 is 14.3 Å². The standard InChI is InChI=1S/C22H44O7Si/c1-9-27-21(24)12-10-11-19(28-17-25-5)16-20(15-18(26-6)13-14-23)29-30(7,8)22(2,3)4/h10,12,18-20,23H,9,11,13-17H2,1-8H3/b12-10+/t18-,19+,20-/m1/s1. The zero-order valence-electron chi connectivity index (χ0n) is 20.2. The van der Waals surface area contributed by atoms with Gasteiger partial charge >= 0.3 is 5.97 Å². The summed E-state index contributed by atoms with van der Waals surface area (Å²) in [5, 5.41) is 9.41. The Morgan fingerprint density at radius 3 is 2.23 bits per heavy atom. The highest BCUT2D eigenvalue weighted by Crippen LogP contribution is 2.38. The Hall–Kier alpha value is -0.773. The van der Waals surface area contributed by atoms with Crippen molar-refractivity contribution in [1.29, 1.82) is 0 Å². The van der Waals surface area contributed by atoms with Gasteiger partial charge in [0.25, 0.3) is 0 Å². The van der Waals surface area contributed by atoms with Crippen molar-refractivity contribution in [3.05, 3.63) is 12.2 Å². The lowest BCUT2D eigenvalue weighted by Gasteiger charge is -2.40. The number of hydrogen-bond donors (Lipinski definition) is 1. The van der Waals surface area contributed by atoms with Crippen LogP contribution in [0.25, 0.3) is 0 Å². The van der Waals surface area contributed by atoms with Gasteiger partial charge in [0.2, 0.25) is 0 Å². The normalized spacial score (nSPS) is 15.9. The summed E-state index contributed by atoms with van der Waals surface area (Å²) in [7, 11) is 1.21. The number of carbonyl (C=O) groups is 1. The molecule has 7 nitrogen and oxygen atoms in total. The maximum absolute atomic E-state index is 11.6. The topological polar surface area (TPSA) is 83.5 Å². The second-order valence-corrected chi connectivity index (χ2v) is 13.7. The van der Waals surface area contributed by atoms with Gasteiger partial charge in [0.05, 0.1) is 18.8 Å². The van der Waals surface area contributed by atoms with Gasteiger partial charge < -0.3 is 28.5 Å². The molecular weight excluding hydrogens is 404 g/mol. The van der Waals surface area contributed by atoms with E-state index in [-0.39, 0.29) is 42.7 Å². The van der Waals surface area contributed by atoms with Crippen LogP contribution in [-0.4, -0.2) is 71.9 Å². The summed E-state index contributed by atoms with van der Waals surface area (Å²) in [6.45, 7) is 13.4. The molecule has 3 atom stereocenters. The van der Waals surface area contributed by atoms with Gasteiger partial charge in [-0.05, 0) is 50.7 Å². The summed E-state index contributed by atoms with van der Waals surface area (Å²) in [6, 6.07) is 0. The lowest BCUT2D eigenvalue weighted by molar-refractivity contribution is -0.137. The molecule has 0 aliphatic heterocycles. The molecule has 0 fully saturated rings. The Kier molecular flexibility index (Phi) is 14.7. The van der Waals surface area contributed by atoms with E-state index in [1.54, 1.807) is 27.2 Å². The van der Waals surface area contributed by atoms with Crippen LogP contribution in [0.4, 0.5) is 0 Å². The molecule has 0 spiro atoms. The first-order chi connectivity index (χ1) is 14.0. The van der Waals surface area contributed by atoms with Crippen molar-refractivity contribution in [2.24, 2.45) is 0 Å². The van der Waals surface area contributed by atoms with E-state index in [1.807, 2.05) is 0 Å². The Balaban J connectivity index is 5.37. The van der Waals surface area contributed by atoms with Gasteiger partial charge in [0.15, 0.2) is 8.32 Å². The predicted molar refractivity (Wildman–Crippen MR) is 121 cm³/mol. The average molecular weight is 449 g/mol. The highest BCUT2D eigenvalue weighted by molar-refractivity contribution is 6.74. The minimum atomic E-state index is -2.03. The Labute approximate surface area is 184 Å². The minimum Gasteiger partial charge on any atom is -0.463 e. The maximum atomic E-state index is 11.6. The van der Waals surface area contributed by atoms with Crippen molar-refractivity contribution in [1.82, 2.24) is 0 Å². The Morgan fingerprint density at radius 1 is 1.10 bits per heavy atom. The molecule has 0 aromatic rings. The van der Waals surface area contributed by atoms with E-state index in [9.17, 15) is 9.90 Å². The largest absolute Gasteiger partial charge is 0.463 e. The van der Waals surface area contributed by atoms with E-state index in [2.05, 4.69) is 33.9 Å². The lowest BCUT2D eigenvalue weighted by atomic mass is 10.0. The lowest BCUT2D eigenvalue weighted by Crippen LogP contribution is -2.45. The quantitative estimate of drug-likeness (QED) is 0.165. The third kappa shape index (κ3) is 12.2. The van der Waals surface area contributed by atoms with Crippen LogP contribution in [0.15, 0.2) is 12.2 Å². The van der Waals surface area contributed by atoms with Crippen molar-refractivity contribution in [2.45, 2.75) is 89.8 Å². The number of ether oxygens (including phenoxy) is 4. The summed E-state index contributed by atoms with van der Waals surface area (Å²) in [5.41, 5.74) is 0. The number of hydrogen-bond acceptors (Lipinski definition) is 7. The Morgan fingerprint density at radius 2 is 1.73 bits per heavy atom. The molecule has 178 valence electrons. The second-order valence-electron chi connectivity index (χ2n) is 8.93. The van der Waals surface area contributed by atoms with Crippen LogP contribution in [0.3, 0.4) is 0 Å². The van der Waals surface area contributed by atoms with Crippen LogP contribution < -0.4 is 0 Å². The van der Waals surface area contributed by atoms with Gasteiger partial charge in [-0.3, -0.25) is 0 Å².